The van der Waals surface area contributed by atoms with Gasteiger partial charge in [0.1, 0.15) is 41.9 Å². The molecule has 0 bridgehead atoms. The molecule has 0 unspecified atom stereocenters. The van der Waals surface area contributed by atoms with Gasteiger partial charge in [-0.05, 0) is 232 Å². The molecule has 0 spiro atoms. The van der Waals surface area contributed by atoms with Crippen LogP contribution in [0, 0.1) is 0 Å². The maximum Gasteiger partial charge on any atom is 0.425 e. The van der Waals surface area contributed by atoms with Gasteiger partial charge in [0.15, 0.2) is 59.0 Å². The van der Waals surface area contributed by atoms with Crippen LogP contribution in [0.15, 0.2) is 48.5 Å². The Bertz CT molecular complexity index is 3110. The molecule has 0 saturated heterocycles. The van der Waals surface area contributed by atoms with Gasteiger partial charge in [-0.3, -0.25) is 8.22 Å². The number of halogens is 2. The molecule has 2 aromatic carbocycles. The number of hydrogen-bond donors (Lipinski definition) is 0. The van der Waals surface area contributed by atoms with Crippen molar-refractivity contribution in [3.05, 3.63) is 59.7 Å². The molecule has 0 aliphatic heterocycles. The van der Waals surface area contributed by atoms with Crippen LogP contribution in [-0.4, -0.2) is 195 Å². The van der Waals surface area contributed by atoms with Crippen molar-refractivity contribution in [3.63, 3.8) is 0 Å². The van der Waals surface area contributed by atoms with Crippen LogP contribution in [0.1, 0.15) is 129 Å². The summed E-state index contributed by atoms with van der Waals surface area (Å²) in [7, 11) is -12.1. The Morgan fingerprint density at radius 2 is 0.658 bits per heavy atom. The SMILES string of the molecule is CC(=S)OC(C)(C)C(C)(C)[Si](C)(C)C.CC(=S)OC(C)(C)C[Si](C)(C)C.CC(=S)OCC(C)(C)[Si](C)(C)C.CC(=S)OCC[Si](C)(C)C.CC(=S)OCC[Si](C)(F)F.CC(=S)OCOCC[Si](C)(C)C.CC(=S)OCSCC[Si](C)(C)C.CC(=S)OCc1ccc(OCC[Si](C)(C)C)cc1.CC(=S)OCc1ccc(OCOCC[Si](C)(C)C)cc1. The Morgan fingerprint density at radius 1 is 0.333 bits per heavy atom. The van der Waals surface area contributed by atoms with Crippen LogP contribution >= 0.6 is 122 Å². The van der Waals surface area contributed by atoms with Gasteiger partial charge in [0.05, 0.1) is 42.6 Å². The maximum absolute atomic E-state index is 12.2. The molecule has 0 radical (unpaired) electrons. The van der Waals surface area contributed by atoms with Gasteiger partial charge < -0.3 is 61.6 Å². The molecule has 2 rings (SSSR count). The largest absolute Gasteiger partial charge is 0.494 e. The highest BCUT2D eigenvalue weighted by atomic mass is 32.2. The van der Waals surface area contributed by atoms with Crippen molar-refractivity contribution in [2.45, 2.75) is 358 Å². The van der Waals surface area contributed by atoms with Crippen LogP contribution in [0.25, 0.3) is 0 Å². The Balaban J connectivity index is -0.000000242. The van der Waals surface area contributed by atoms with E-state index in [1.54, 1.807) is 27.7 Å². The molecule has 704 valence electrons. The van der Waals surface area contributed by atoms with Crippen molar-refractivity contribution in [1.82, 2.24) is 0 Å². The fraction of sp³-hybridized carbons (Fsp3) is 0.756. The summed E-state index contributed by atoms with van der Waals surface area (Å²) in [6, 6.07) is 22.9. The minimum Gasteiger partial charge on any atom is -0.494 e. The van der Waals surface area contributed by atoms with Crippen molar-refractivity contribution in [3.8, 4) is 11.5 Å². The second kappa shape index (κ2) is 65.6. The average Bonchev–Trinajstić information content (AvgIpc) is 0.777. The first kappa shape index (κ1) is 132. The number of thiocarbonyl (C=S) groups is 9. The standard InChI is InChI=1S/C15H24O3SSi.C14H22O2SSi.C11H24OSSi.2C9H20OSSi.C8H18O2SSi.C8H18OS2Si.C7H16OSSi.C5H10F2OSSi/c1-13(19)17-11-14-5-7-15(8-6-14)18-12-16-9-10-20(2,3)4;1-12(17)16-11-13-5-7-14(8-6-13)15-9-10-18(2,3)4;1-9(13)12-10(2,3)11(4,5)14(6,7)8;1-8(11)10-9(2,3)7-12(4,5)6;1-8(11)10-7-9(2,3)12(4,5)6;1-8(11)10-7-9-5-6-12(2,3)4;1-8(10)9-7-11-5-6-12(2,3)4;1-7(9)8-5-6-10(2,3)4;1-5(9)8-3-4-10(2,6)7/h5-8H,9-12H2,1-4H3;5-8H,9-11H2,1-4H3;1-8H3;2*7H2,1-6H3;2*5-7H2,1-4H3;5-6H2,1-4H3;3-4H2,1-2H3. The molecule has 2 aromatic rings. The third kappa shape index (κ3) is 99.3. The number of ether oxygens (including phenoxy) is 13. The predicted octanol–water partition coefficient (Wildman–Crippen LogP) is 30.8. The Hall–Kier alpha value is -0.868. The normalized spacial score (nSPS) is 11.9. The monoisotopic (exact) mass is 2020 g/mol. The van der Waals surface area contributed by atoms with E-state index in [1.807, 2.05) is 94.9 Å². The third-order valence-electron chi connectivity index (χ3n) is 17.7. The molecular formula is C86H172F2O13S10Si9. The van der Waals surface area contributed by atoms with Gasteiger partial charge >= 0.3 is 8.74 Å². The van der Waals surface area contributed by atoms with Crippen molar-refractivity contribution in [2.24, 2.45) is 0 Å². The zero-order chi connectivity index (χ0) is 96.0. The third-order valence-corrected chi connectivity index (χ3v) is 39.9. The summed E-state index contributed by atoms with van der Waals surface area (Å²) in [5, 5.41) is 5.76. The van der Waals surface area contributed by atoms with E-state index >= 15 is 0 Å². The molecule has 34 heteroatoms. The molecule has 0 N–H and O–H groups in total. The van der Waals surface area contributed by atoms with Crippen LogP contribution < -0.4 is 9.47 Å². The van der Waals surface area contributed by atoms with Gasteiger partial charge in [-0.15, -0.1) is 11.8 Å². The zero-order valence-corrected chi connectivity index (χ0v) is 100. The second-order valence-corrected chi connectivity index (χ2v) is 95.3. The molecule has 0 amide bonds. The topological polar surface area (TPSA) is 120 Å². The summed E-state index contributed by atoms with van der Waals surface area (Å²) in [5.41, 5.74) is 1.93. The first-order valence-corrected chi connectivity index (χ1v) is 78.0. The minimum absolute atomic E-state index is 0.0606. The zero-order valence-electron chi connectivity index (χ0n) is 83.2. The Labute approximate surface area is 796 Å². The fourth-order valence-corrected chi connectivity index (χ4v) is 21.1. The van der Waals surface area contributed by atoms with E-state index in [2.05, 4.69) is 225 Å². The van der Waals surface area contributed by atoms with Crippen molar-refractivity contribution < 1.29 is 69.8 Å². The predicted molar refractivity (Wildman–Crippen MR) is 585 cm³/mol. The highest BCUT2D eigenvalue weighted by molar-refractivity contribution is 7.99. The van der Waals surface area contributed by atoms with Gasteiger partial charge in [0.2, 0.25) is 0 Å². The van der Waals surface area contributed by atoms with E-state index in [1.165, 1.54) is 29.9 Å². The summed E-state index contributed by atoms with van der Waals surface area (Å²) in [4.78, 5) is 0. The fourth-order valence-electron chi connectivity index (χ4n) is 8.35. The van der Waals surface area contributed by atoms with Gasteiger partial charge in [-0.2, -0.15) is 0 Å². The molecule has 0 atom stereocenters. The lowest BCUT2D eigenvalue weighted by Crippen LogP contribution is -2.51. The quantitative estimate of drug-likeness (QED) is 0.0207. The first-order valence-electron chi connectivity index (χ1n) is 41.5. The van der Waals surface area contributed by atoms with E-state index in [0.29, 0.717) is 77.3 Å². The number of thioether (sulfide) groups is 1. The highest BCUT2D eigenvalue weighted by Gasteiger charge is 2.48. The van der Waals surface area contributed by atoms with Gasteiger partial charge in [0.25, 0.3) is 0 Å². The van der Waals surface area contributed by atoms with Crippen molar-refractivity contribution in [2.75, 3.05) is 64.9 Å². The van der Waals surface area contributed by atoms with E-state index in [4.69, 9.17) is 159 Å². The lowest BCUT2D eigenvalue weighted by molar-refractivity contribution is 0.0159. The van der Waals surface area contributed by atoms with Crippen molar-refractivity contribution in [1.29, 1.82) is 0 Å². The van der Waals surface area contributed by atoms with E-state index in [0.717, 1.165) is 80.2 Å². The van der Waals surface area contributed by atoms with Crippen LogP contribution in [0.4, 0.5) is 8.22 Å². The van der Waals surface area contributed by atoms with Gasteiger partial charge in [-0.1, -0.05) is 209 Å². The van der Waals surface area contributed by atoms with E-state index in [9.17, 15) is 8.22 Å². The number of benzene rings is 2. The summed E-state index contributed by atoms with van der Waals surface area (Å²) in [6.45, 7) is 96.6. The maximum atomic E-state index is 12.2. The van der Waals surface area contributed by atoms with E-state index in [-0.39, 0.29) is 28.9 Å². The van der Waals surface area contributed by atoms with Gasteiger partial charge in [-0.25, -0.2) is 0 Å². The van der Waals surface area contributed by atoms with Crippen molar-refractivity contribution >= 4 is 241 Å². The minimum atomic E-state index is -3.91. The first-order chi connectivity index (χ1) is 53.6. The summed E-state index contributed by atoms with van der Waals surface area (Å²) in [5.74, 6) is 3.66. The van der Waals surface area contributed by atoms with Crippen LogP contribution in [0.5, 0.6) is 11.5 Å². The van der Waals surface area contributed by atoms with E-state index < -0.39 is 73.3 Å². The molecule has 13 nitrogen and oxygen atoms in total. The highest BCUT2D eigenvalue weighted by Crippen LogP contribution is 2.49. The van der Waals surface area contributed by atoms with Crippen LogP contribution in [0.2, 0.25) is 216 Å². The number of rotatable bonds is 39. The smallest absolute Gasteiger partial charge is 0.425 e. The molecule has 0 aliphatic rings. The molecule has 0 saturated carbocycles. The number of hydrogen-bond acceptors (Lipinski definition) is 23. The lowest BCUT2D eigenvalue weighted by Gasteiger charge is -2.48. The molecule has 0 aromatic heterocycles. The lowest BCUT2D eigenvalue weighted by atomic mass is 9.93. The second-order valence-electron chi connectivity index (χ2n) is 41.2. The van der Waals surface area contributed by atoms with Crippen LogP contribution in [-0.2, 0) is 65.3 Å². The van der Waals surface area contributed by atoms with Gasteiger partial charge in [0, 0.05) is 130 Å². The average molecular weight is 2030 g/mol. The Kier molecular flexibility index (Phi) is 72.3. The summed E-state index contributed by atoms with van der Waals surface area (Å²) < 4.78 is 93.8. The summed E-state index contributed by atoms with van der Waals surface area (Å²) >= 11 is 45.2. The molecule has 120 heavy (non-hydrogen) atoms. The summed E-state index contributed by atoms with van der Waals surface area (Å²) in [6.07, 6.45) is 0. The molecule has 0 heterocycles. The molecule has 0 fully saturated rings. The van der Waals surface area contributed by atoms with Crippen LogP contribution in [0.3, 0.4) is 0 Å². The molecule has 0 aliphatic carbocycles. The molecular weight excluding hydrogens is 1850 g/mol. The Morgan fingerprint density at radius 3 is 0.967 bits per heavy atom.